The van der Waals surface area contributed by atoms with Gasteiger partial charge in [-0.2, -0.15) is 0 Å². The zero-order valence-corrected chi connectivity index (χ0v) is 10.2. The standard InChI is InChI=1S/C11H25P/c1-5-7-9-12(11(3)4)10-8-6-2/h11H,5-10H2,1-4H3. The molecule has 0 aromatic heterocycles. The number of hydrogen-bond acceptors (Lipinski definition) is 0. The van der Waals surface area contributed by atoms with Gasteiger partial charge in [-0.15, -0.1) is 7.92 Å². The molecule has 0 aliphatic rings. The van der Waals surface area contributed by atoms with Crippen molar-refractivity contribution in [1.29, 1.82) is 0 Å². The van der Waals surface area contributed by atoms with Gasteiger partial charge in [0.25, 0.3) is 0 Å². The lowest BCUT2D eigenvalue weighted by Crippen LogP contribution is -2.01. The third-order valence-electron chi connectivity index (χ3n) is 2.33. The first-order valence-corrected chi connectivity index (χ1v) is 7.24. The van der Waals surface area contributed by atoms with Gasteiger partial charge < -0.3 is 0 Å². The smallest absolute Gasteiger partial charge is 0.0266 e. The van der Waals surface area contributed by atoms with Gasteiger partial charge in [0.2, 0.25) is 0 Å². The number of hydrogen-bond donors (Lipinski definition) is 0. The highest BCUT2D eigenvalue weighted by Crippen LogP contribution is 2.42. The fourth-order valence-electron chi connectivity index (χ4n) is 1.35. The number of rotatable bonds is 7. The Balaban J connectivity index is 3.55. The molecule has 0 aliphatic carbocycles. The second-order valence-electron chi connectivity index (χ2n) is 3.84. The van der Waals surface area contributed by atoms with Crippen LogP contribution in [0.2, 0.25) is 0 Å². The predicted octanol–water partition coefficient (Wildman–Crippen LogP) is 4.48. The zero-order chi connectivity index (χ0) is 9.40. The van der Waals surface area contributed by atoms with Crippen LogP contribution in [0.15, 0.2) is 0 Å². The Hall–Kier alpha value is 0.430. The highest BCUT2D eigenvalue weighted by molar-refractivity contribution is 7.58. The maximum Gasteiger partial charge on any atom is -0.0266 e. The Labute approximate surface area is 79.9 Å². The van der Waals surface area contributed by atoms with Crippen LogP contribution in [0.25, 0.3) is 0 Å². The summed E-state index contributed by atoms with van der Waals surface area (Å²) in [6.07, 6.45) is 8.68. The largest absolute Gasteiger partial charge is 0.104 e. The fraction of sp³-hybridized carbons (Fsp3) is 1.00. The molecule has 0 aromatic carbocycles. The van der Waals surface area contributed by atoms with E-state index in [1.807, 2.05) is 0 Å². The van der Waals surface area contributed by atoms with Gasteiger partial charge in [0.1, 0.15) is 0 Å². The van der Waals surface area contributed by atoms with Crippen molar-refractivity contribution in [3.63, 3.8) is 0 Å². The van der Waals surface area contributed by atoms with Gasteiger partial charge in [-0.05, 0) is 30.8 Å². The lowest BCUT2D eigenvalue weighted by molar-refractivity contribution is 0.857. The SMILES string of the molecule is CCCCP(CCCC)C(C)C. The van der Waals surface area contributed by atoms with Crippen LogP contribution in [0.5, 0.6) is 0 Å². The van der Waals surface area contributed by atoms with E-state index in [0.717, 1.165) is 5.66 Å². The highest BCUT2D eigenvalue weighted by atomic mass is 31.1. The van der Waals surface area contributed by atoms with Crippen LogP contribution < -0.4 is 0 Å². The first-order chi connectivity index (χ1) is 5.72. The zero-order valence-electron chi connectivity index (χ0n) is 9.27. The monoisotopic (exact) mass is 188 g/mol. The first-order valence-electron chi connectivity index (χ1n) is 5.46. The number of unbranched alkanes of at least 4 members (excludes halogenated alkanes) is 2. The van der Waals surface area contributed by atoms with E-state index in [2.05, 4.69) is 27.7 Å². The van der Waals surface area contributed by atoms with Gasteiger partial charge in [-0.25, -0.2) is 0 Å². The van der Waals surface area contributed by atoms with E-state index in [-0.39, 0.29) is 0 Å². The van der Waals surface area contributed by atoms with Crippen molar-refractivity contribution in [2.24, 2.45) is 0 Å². The van der Waals surface area contributed by atoms with Crippen molar-refractivity contribution < 1.29 is 0 Å². The summed E-state index contributed by atoms with van der Waals surface area (Å²) in [5, 5.41) is 0. The van der Waals surface area contributed by atoms with Crippen LogP contribution in [0.1, 0.15) is 53.4 Å². The highest BCUT2D eigenvalue weighted by Gasteiger charge is 2.10. The summed E-state index contributed by atoms with van der Waals surface area (Å²) in [6.45, 7) is 9.40. The Morgan fingerprint density at radius 2 is 1.33 bits per heavy atom. The molecule has 0 unspecified atom stereocenters. The second-order valence-corrected chi connectivity index (χ2v) is 6.94. The first kappa shape index (κ1) is 12.4. The van der Waals surface area contributed by atoms with Crippen molar-refractivity contribution in [1.82, 2.24) is 0 Å². The molecule has 0 saturated carbocycles. The third-order valence-corrected chi connectivity index (χ3v) is 5.57. The van der Waals surface area contributed by atoms with Gasteiger partial charge in [-0.3, -0.25) is 0 Å². The van der Waals surface area contributed by atoms with Gasteiger partial charge in [0.05, 0.1) is 0 Å². The maximum atomic E-state index is 2.40. The molecule has 0 amide bonds. The molecule has 0 fully saturated rings. The molecule has 0 heterocycles. The Morgan fingerprint density at radius 3 is 1.58 bits per heavy atom. The normalized spacial score (nSPS) is 11.5. The molecule has 0 aliphatic heterocycles. The molecule has 12 heavy (non-hydrogen) atoms. The summed E-state index contributed by atoms with van der Waals surface area (Å²) >= 11 is 0. The van der Waals surface area contributed by atoms with E-state index in [0.29, 0.717) is 7.92 Å². The van der Waals surface area contributed by atoms with E-state index in [1.54, 1.807) is 0 Å². The van der Waals surface area contributed by atoms with Gasteiger partial charge in [-0.1, -0.05) is 40.5 Å². The van der Waals surface area contributed by atoms with Crippen LogP contribution in [0.4, 0.5) is 0 Å². The topological polar surface area (TPSA) is 0 Å². The summed E-state index contributed by atoms with van der Waals surface area (Å²) in [6, 6.07) is 0. The summed E-state index contributed by atoms with van der Waals surface area (Å²) in [7, 11) is 0.369. The average molecular weight is 188 g/mol. The lowest BCUT2D eigenvalue weighted by Gasteiger charge is -2.21. The van der Waals surface area contributed by atoms with Crippen molar-refractivity contribution in [3.8, 4) is 0 Å². The van der Waals surface area contributed by atoms with Crippen LogP contribution in [0.3, 0.4) is 0 Å². The second kappa shape index (κ2) is 8.05. The Morgan fingerprint density at radius 1 is 0.917 bits per heavy atom. The summed E-state index contributed by atoms with van der Waals surface area (Å²) < 4.78 is 0. The van der Waals surface area contributed by atoms with E-state index in [9.17, 15) is 0 Å². The Kier molecular flexibility index (Phi) is 8.34. The molecule has 0 atom stereocenters. The van der Waals surface area contributed by atoms with Crippen molar-refractivity contribution in [3.05, 3.63) is 0 Å². The molecule has 0 rings (SSSR count). The molecule has 0 nitrogen and oxygen atoms in total. The molecule has 0 saturated heterocycles. The average Bonchev–Trinajstić information content (AvgIpc) is 2.04. The van der Waals surface area contributed by atoms with E-state index < -0.39 is 0 Å². The van der Waals surface area contributed by atoms with Gasteiger partial charge in [0.15, 0.2) is 0 Å². The van der Waals surface area contributed by atoms with Crippen LogP contribution in [-0.2, 0) is 0 Å². The molecular formula is C11H25P. The van der Waals surface area contributed by atoms with Crippen molar-refractivity contribution in [2.75, 3.05) is 12.3 Å². The fourth-order valence-corrected chi connectivity index (χ4v) is 4.05. The lowest BCUT2D eigenvalue weighted by atomic mass is 10.4. The van der Waals surface area contributed by atoms with Gasteiger partial charge >= 0.3 is 0 Å². The summed E-state index contributed by atoms with van der Waals surface area (Å²) in [4.78, 5) is 0. The van der Waals surface area contributed by atoms with Crippen molar-refractivity contribution >= 4 is 7.92 Å². The molecule has 0 radical (unpaired) electrons. The molecule has 0 bridgehead atoms. The molecule has 1 heteroatoms. The minimum absolute atomic E-state index is 0.369. The molecular weight excluding hydrogens is 163 g/mol. The third kappa shape index (κ3) is 6.00. The summed E-state index contributed by atoms with van der Waals surface area (Å²) in [5.41, 5.74) is 0.957. The summed E-state index contributed by atoms with van der Waals surface area (Å²) in [5.74, 6) is 0. The van der Waals surface area contributed by atoms with Crippen LogP contribution in [-0.4, -0.2) is 18.0 Å². The molecule has 0 aromatic rings. The minimum atomic E-state index is 0.369. The van der Waals surface area contributed by atoms with Crippen LogP contribution in [0, 0.1) is 0 Å². The van der Waals surface area contributed by atoms with E-state index >= 15 is 0 Å². The minimum Gasteiger partial charge on any atom is -0.104 e. The van der Waals surface area contributed by atoms with E-state index in [4.69, 9.17) is 0 Å². The quantitative estimate of drug-likeness (QED) is 0.517. The van der Waals surface area contributed by atoms with Crippen LogP contribution >= 0.6 is 7.92 Å². The predicted molar refractivity (Wildman–Crippen MR) is 61.6 cm³/mol. The van der Waals surface area contributed by atoms with Crippen molar-refractivity contribution in [2.45, 2.75) is 59.0 Å². The maximum absolute atomic E-state index is 2.40. The Bertz CT molecular complexity index is 81.0. The molecule has 0 N–H and O–H groups in total. The molecule has 0 spiro atoms. The van der Waals surface area contributed by atoms with Gasteiger partial charge in [0, 0.05) is 0 Å². The van der Waals surface area contributed by atoms with E-state index in [1.165, 1.54) is 38.0 Å². The molecule has 74 valence electrons.